The Morgan fingerprint density at radius 1 is 1.05 bits per heavy atom. The van der Waals surface area contributed by atoms with E-state index in [0.717, 1.165) is 17.5 Å². The summed E-state index contributed by atoms with van der Waals surface area (Å²) < 4.78 is 14.1. The molecule has 1 N–H and O–H groups in total. The van der Waals surface area contributed by atoms with Crippen molar-refractivity contribution >= 4 is 57.3 Å². The van der Waals surface area contributed by atoms with Gasteiger partial charge in [0.25, 0.3) is 5.78 Å². The summed E-state index contributed by atoms with van der Waals surface area (Å²) in [5, 5.41) is 20.5. The van der Waals surface area contributed by atoms with Crippen molar-refractivity contribution in [2.45, 2.75) is 29.5 Å². The summed E-state index contributed by atoms with van der Waals surface area (Å²) in [6, 6.07) is 19.1. The third-order valence-electron chi connectivity index (χ3n) is 6.18. The van der Waals surface area contributed by atoms with Crippen molar-refractivity contribution in [3.8, 4) is 0 Å². The van der Waals surface area contributed by atoms with Gasteiger partial charge in [-0.25, -0.2) is 4.39 Å². The number of rotatable bonds is 7. The van der Waals surface area contributed by atoms with Gasteiger partial charge in [-0.1, -0.05) is 84.1 Å². The number of aliphatic hydroxyl groups is 1. The van der Waals surface area contributed by atoms with Crippen LogP contribution in [0.3, 0.4) is 0 Å². The number of Topliss-reactive ketones (excluding diaryl/α,β-unsaturated/α-hetero) is 1. The second kappa shape index (κ2) is 11.1. The fourth-order valence-corrected chi connectivity index (χ4v) is 6.31. The van der Waals surface area contributed by atoms with E-state index in [1.54, 1.807) is 0 Å². The summed E-state index contributed by atoms with van der Waals surface area (Å²) in [5.41, 5.74) is 2.79. The van der Waals surface area contributed by atoms with Crippen LogP contribution >= 0.6 is 34.7 Å². The zero-order valence-corrected chi connectivity index (χ0v) is 22.5. The third-order valence-corrected chi connectivity index (χ3v) is 8.65. The average Bonchev–Trinajstić information content (AvgIpc) is 3.50. The molecule has 1 fully saturated rings. The topological polar surface area (TPSA) is 83.4 Å². The SMILES string of the molecule is CCc1ccc(C2/C(=C(/O)c3ccc(F)cc3)C(=O)C(=O)N2c2nnc(SCc3ccccc3Cl)s2)cc1. The minimum atomic E-state index is -0.930. The van der Waals surface area contributed by atoms with E-state index in [1.807, 2.05) is 55.5 Å². The van der Waals surface area contributed by atoms with Crippen molar-refractivity contribution in [1.82, 2.24) is 10.2 Å². The molecule has 1 unspecified atom stereocenters. The molecule has 3 aromatic carbocycles. The van der Waals surface area contributed by atoms with Gasteiger partial charge in [-0.15, -0.1) is 10.2 Å². The number of aromatic nitrogens is 2. The molecular formula is C28H21ClFN3O3S2. The highest BCUT2D eigenvalue weighted by atomic mass is 35.5. The zero-order chi connectivity index (χ0) is 26.8. The van der Waals surface area contributed by atoms with Crippen LogP contribution in [0.15, 0.2) is 82.7 Å². The number of anilines is 1. The summed E-state index contributed by atoms with van der Waals surface area (Å²) in [6.07, 6.45) is 0.818. The number of carbonyl (C=O) groups is 2. The van der Waals surface area contributed by atoms with Crippen LogP contribution in [0.1, 0.15) is 35.2 Å². The zero-order valence-electron chi connectivity index (χ0n) is 20.1. The average molecular weight is 566 g/mol. The van der Waals surface area contributed by atoms with Gasteiger partial charge in [0.05, 0.1) is 11.6 Å². The van der Waals surface area contributed by atoms with Crippen LogP contribution in [0.2, 0.25) is 5.02 Å². The smallest absolute Gasteiger partial charge is 0.301 e. The van der Waals surface area contributed by atoms with Crippen LogP contribution in [-0.4, -0.2) is 27.0 Å². The molecule has 10 heteroatoms. The van der Waals surface area contributed by atoms with Crippen molar-refractivity contribution in [1.29, 1.82) is 0 Å². The predicted octanol–water partition coefficient (Wildman–Crippen LogP) is 6.81. The van der Waals surface area contributed by atoms with Gasteiger partial charge >= 0.3 is 5.91 Å². The Bertz CT molecular complexity index is 1540. The normalized spacial score (nSPS) is 16.8. The van der Waals surface area contributed by atoms with E-state index in [1.165, 1.54) is 52.3 Å². The van der Waals surface area contributed by atoms with Gasteiger partial charge in [-0.3, -0.25) is 14.5 Å². The highest BCUT2D eigenvalue weighted by molar-refractivity contribution is 8.00. The van der Waals surface area contributed by atoms with Crippen molar-refractivity contribution in [3.63, 3.8) is 0 Å². The molecule has 1 amide bonds. The number of carbonyl (C=O) groups excluding carboxylic acids is 2. The van der Waals surface area contributed by atoms with Crippen LogP contribution < -0.4 is 4.90 Å². The second-order valence-corrected chi connectivity index (χ2v) is 11.1. The summed E-state index contributed by atoms with van der Waals surface area (Å²) >= 11 is 8.85. The Balaban J connectivity index is 1.54. The number of halogens is 2. The predicted molar refractivity (Wildman–Crippen MR) is 148 cm³/mol. The number of amides is 1. The molecule has 4 aromatic rings. The summed E-state index contributed by atoms with van der Waals surface area (Å²) in [7, 11) is 0. The molecule has 2 heterocycles. The van der Waals surface area contributed by atoms with Crippen LogP contribution in [0.25, 0.3) is 5.76 Å². The summed E-state index contributed by atoms with van der Waals surface area (Å²) in [5.74, 6) is -1.98. The van der Waals surface area contributed by atoms with Crippen molar-refractivity contribution < 1.29 is 19.1 Å². The van der Waals surface area contributed by atoms with E-state index >= 15 is 0 Å². The number of nitrogens with zero attached hydrogens (tertiary/aromatic N) is 3. The molecule has 0 radical (unpaired) electrons. The van der Waals surface area contributed by atoms with Crippen LogP contribution in [0.5, 0.6) is 0 Å². The molecule has 0 aliphatic carbocycles. The Morgan fingerprint density at radius 2 is 1.76 bits per heavy atom. The number of hydrogen-bond donors (Lipinski definition) is 1. The van der Waals surface area contributed by atoms with Crippen molar-refractivity contribution in [3.05, 3.63) is 111 Å². The van der Waals surface area contributed by atoms with E-state index in [4.69, 9.17) is 11.6 Å². The molecule has 1 aliphatic heterocycles. The first-order valence-corrected chi connectivity index (χ1v) is 13.9. The van der Waals surface area contributed by atoms with Gasteiger partial charge in [0.2, 0.25) is 5.13 Å². The van der Waals surface area contributed by atoms with Crippen LogP contribution in [-0.2, 0) is 21.8 Å². The number of hydrogen-bond acceptors (Lipinski definition) is 7. The minimum Gasteiger partial charge on any atom is -0.507 e. The largest absolute Gasteiger partial charge is 0.507 e. The van der Waals surface area contributed by atoms with Crippen molar-refractivity contribution in [2.24, 2.45) is 0 Å². The van der Waals surface area contributed by atoms with E-state index < -0.39 is 23.5 Å². The molecule has 1 aliphatic rings. The number of benzene rings is 3. The molecule has 0 saturated carbocycles. The molecule has 1 saturated heterocycles. The first kappa shape index (κ1) is 26.1. The summed E-state index contributed by atoms with van der Waals surface area (Å²) in [6.45, 7) is 2.03. The van der Waals surface area contributed by atoms with E-state index in [2.05, 4.69) is 10.2 Å². The Hall–Kier alpha value is -3.53. The fourth-order valence-electron chi connectivity index (χ4n) is 4.16. The number of aliphatic hydroxyl groups excluding tert-OH is 1. The maximum atomic E-state index is 13.5. The maximum absolute atomic E-state index is 13.5. The first-order chi connectivity index (χ1) is 18.4. The van der Waals surface area contributed by atoms with Gasteiger partial charge in [-0.05, 0) is 53.4 Å². The minimum absolute atomic E-state index is 0.0914. The lowest BCUT2D eigenvalue weighted by molar-refractivity contribution is -0.132. The Labute approximate surface area is 231 Å². The first-order valence-electron chi connectivity index (χ1n) is 11.7. The monoisotopic (exact) mass is 565 g/mol. The van der Waals surface area contributed by atoms with Gasteiger partial charge in [-0.2, -0.15) is 0 Å². The molecule has 5 rings (SSSR count). The van der Waals surface area contributed by atoms with E-state index in [0.29, 0.717) is 20.7 Å². The quantitative estimate of drug-likeness (QED) is 0.0871. The molecule has 1 aromatic heterocycles. The third kappa shape index (κ3) is 5.09. The van der Waals surface area contributed by atoms with E-state index in [-0.39, 0.29) is 22.0 Å². The molecular weight excluding hydrogens is 545 g/mol. The standard InChI is InChI=1S/C28H21ClFN3O3S2/c1-2-16-7-9-17(10-8-16)23-22(24(34)18-11-13-20(30)14-12-18)25(35)26(36)33(23)27-31-32-28(38-27)37-15-19-5-3-4-6-21(19)29/h3-14,23,34H,2,15H2,1H3/b24-22-. The van der Waals surface area contributed by atoms with Gasteiger partial charge in [0.1, 0.15) is 11.6 Å². The summed E-state index contributed by atoms with van der Waals surface area (Å²) in [4.78, 5) is 27.9. The number of ketones is 1. The fraction of sp³-hybridized carbons (Fsp3) is 0.143. The second-order valence-electron chi connectivity index (χ2n) is 8.50. The highest BCUT2D eigenvalue weighted by Crippen LogP contribution is 2.44. The van der Waals surface area contributed by atoms with Gasteiger partial charge in [0.15, 0.2) is 4.34 Å². The lowest BCUT2D eigenvalue weighted by atomic mass is 9.94. The molecule has 1 atom stereocenters. The van der Waals surface area contributed by atoms with Crippen LogP contribution in [0.4, 0.5) is 9.52 Å². The maximum Gasteiger partial charge on any atom is 0.301 e. The molecule has 0 bridgehead atoms. The molecule has 6 nitrogen and oxygen atoms in total. The Kier molecular flexibility index (Phi) is 7.60. The Morgan fingerprint density at radius 3 is 2.45 bits per heavy atom. The molecule has 192 valence electrons. The molecule has 38 heavy (non-hydrogen) atoms. The van der Waals surface area contributed by atoms with Crippen molar-refractivity contribution in [2.75, 3.05) is 4.90 Å². The molecule has 0 spiro atoms. The number of thioether (sulfide) groups is 1. The van der Waals surface area contributed by atoms with Crippen LogP contribution in [0, 0.1) is 5.82 Å². The lowest BCUT2D eigenvalue weighted by Gasteiger charge is -2.22. The highest BCUT2D eigenvalue weighted by Gasteiger charge is 2.48. The van der Waals surface area contributed by atoms with E-state index in [9.17, 15) is 19.1 Å². The van der Waals surface area contributed by atoms with Gasteiger partial charge in [0, 0.05) is 16.3 Å². The number of aryl methyl sites for hydroxylation is 1. The lowest BCUT2D eigenvalue weighted by Crippen LogP contribution is -2.29. The van der Waals surface area contributed by atoms with Gasteiger partial charge < -0.3 is 5.11 Å².